The molecule has 6 nitrogen and oxygen atoms in total. The van der Waals surface area contributed by atoms with Crippen molar-refractivity contribution >= 4 is 11.8 Å². The molecule has 0 bridgehead atoms. The highest BCUT2D eigenvalue weighted by Crippen LogP contribution is 1.91. The van der Waals surface area contributed by atoms with E-state index in [0.717, 1.165) is 0 Å². The number of nitrogens with one attached hydrogen (secondary N) is 1. The fourth-order valence-electron chi connectivity index (χ4n) is 0.928. The van der Waals surface area contributed by atoms with Gasteiger partial charge in [-0.1, -0.05) is 0 Å². The minimum Gasteiger partial charge on any atom is -0.382 e. The highest BCUT2D eigenvalue weighted by Gasteiger charge is 2.09. The van der Waals surface area contributed by atoms with Crippen molar-refractivity contribution in [2.75, 3.05) is 27.2 Å². The Morgan fingerprint density at radius 2 is 2.07 bits per heavy atom. The molecule has 0 radical (unpaired) electrons. The lowest BCUT2D eigenvalue weighted by molar-refractivity contribution is -0.129. The lowest BCUT2D eigenvalue weighted by atomic mass is 10.2. The zero-order valence-electron chi connectivity index (χ0n) is 9.19. The molecular weight excluding hydrogens is 198 g/mol. The number of nitrogens with two attached hydrogens (primary N) is 1. The third kappa shape index (κ3) is 6.87. The SMILES string of the molecule is CN(C)C(=O)CCCNCC(O)C(N)=O. The Labute approximate surface area is 89.4 Å². The van der Waals surface area contributed by atoms with Crippen molar-refractivity contribution < 1.29 is 14.7 Å². The Hall–Kier alpha value is -1.14. The third-order valence-corrected chi connectivity index (χ3v) is 1.91. The number of hydrogen-bond donors (Lipinski definition) is 3. The molecule has 0 aliphatic carbocycles. The maximum Gasteiger partial charge on any atom is 0.247 e. The van der Waals surface area contributed by atoms with Crippen LogP contribution in [0.25, 0.3) is 0 Å². The molecule has 4 N–H and O–H groups in total. The maximum atomic E-state index is 11.1. The van der Waals surface area contributed by atoms with Gasteiger partial charge in [-0.3, -0.25) is 9.59 Å². The monoisotopic (exact) mass is 217 g/mol. The van der Waals surface area contributed by atoms with Crippen LogP contribution in [0.15, 0.2) is 0 Å². The van der Waals surface area contributed by atoms with Crippen LogP contribution >= 0.6 is 0 Å². The summed E-state index contributed by atoms with van der Waals surface area (Å²) in [7, 11) is 3.40. The first kappa shape index (κ1) is 13.9. The molecule has 0 fully saturated rings. The summed E-state index contributed by atoms with van der Waals surface area (Å²) in [5.74, 6) is -0.681. The van der Waals surface area contributed by atoms with Gasteiger partial charge in [0.15, 0.2) is 0 Å². The fraction of sp³-hybridized carbons (Fsp3) is 0.778. The Bertz CT molecular complexity index is 219. The summed E-state index contributed by atoms with van der Waals surface area (Å²) < 4.78 is 0. The maximum absolute atomic E-state index is 11.1. The number of aliphatic hydroxyl groups is 1. The van der Waals surface area contributed by atoms with Crippen LogP contribution in [-0.4, -0.2) is 55.1 Å². The first-order chi connectivity index (χ1) is 6.95. The predicted octanol–water partition coefficient (Wildman–Crippen LogP) is -1.71. The molecule has 0 aromatic carbocycles. The number of hydrogen-bond acceptors (Lipinski definition) is 4. The highest BCUT2D eigenvalue weighted by atomic mass is 16.3. The molecule has 15 heavy (non-hydrogen) atoms. The molecule has 0 rings (SSSR count). The average Bonchev–Trinajstić information content (AvgIpc) is 2.16. The van der Waals surface area contributed by atoms with E-state index in [1.807, 2.05) is 0 Å². The molecular formula is C9H19N3O3. The number of rotatable bonds is 7. The number of nitrogens with zero attached hydrogens (tertiary/aromatic N) is 1. The van der Waals surface area contributed by atoms with Gasteiger partial charge >= 0.3 is 0 Å². The van der Waals surface area contributed by atoms with Crippen LogP contribution in [0.3, 0.4) is 0 Å². The number of carbonyl (C=O) groups is 2. The van der Waals surface area contributed by atoms with Gasteiger partial charge in [-0.25, -0.2) is 0 Å². The molecule has 2 amide bonds. The van der Waals surface area contributed by atoms with Crippen LogP contribution in [0.4, 0.5) is 0 Å². The molecule has 1 atom stereocenters. The third-order valence-electron chi connectivity index (χ3n) is 1.91. The van der Waals surface area contributed by atoms with E-state index in [0.29, 0.717) is 19.4 Å². The summed E-state index contributed by atoms with van der Waals surface area (Å²) in [4.78, 5) is 23.1. The number of primary amides is 1. The molecule has 1 unspecified atom stereocenters. The molecule has 6 heteroatoms. The molecule has 0 aliphatic rings. The Balaban J connectivity index is 3.40. The van der Waals surface area contributed by atoms with E-state index in [4.69, 9.17) is 10.8 Å². The van der Waals surface area contributed by atoms with Gasteiger partial charge < -0.3 is 21.1 Å². The van der Waals surface area contributed by atoms with Gasteiger partial charge in [0, 0.05) is 27.1 Å². The normalized spacial score (nSPS) is 12.2. The van der Waals surface area contributed by atoms with Gasteiger partial charge in [-0.2, -0.15) is 0 Å². The van der Waals surface area contributed by atoms with Crippen molar-refractivity contribution in [2.45, 2.75) is 18.9 Å². The summed E-state index contributed by atoms with van der Waals surface area (Å²) >= 11 is 0. The standard InChI is InChI=1S/C9H19N3O3/c1-12(2)8(14)4-3-5-11-6-7(13)9(10)15/h7,11,13H,3-6H2,1-2H3,(H2,10,15). The molecule has 0 spiro atoms. The summed E-state index contributed by atoms with van der Waals surface area (Å²) in [6.45, 7) is 0.704. The Kier molecular flexibility index (Phi) is 6.64. The van der Waals surface area contributed by atoms with Gasteiger partial charge in [0.2, 0.25) is 11.8 Å². The van der Waals surface area contributed by atoms with Crippen LogP contribution in [0.5, 0.6) is 0 Å². The summed E-state index contributed by atoms with van der Waals surface area (Å²) in [5, 5.41) is 11.9. The highest BCUT2D eigenvalue weighted by molar-refractivity contribution is 5.78. The largest absolute Gasteiger partial charge is 0.382 e. The quantitative estimate of drug-likeness (QED) is 0.442. The van der Waals surface area contributed by atoms with E-state index >= 15 is 0 Å². The van der Waals surface area contributed by atoms with Crippen LogP contribution < -0.4 is 11.1 Å². The fourth-order valence-corrected chi connectivity index (χ4v) is 0.928. The van der Waals surface area contributed by atoms with Crippen molar-refractivity contribution in [3.05, 3.63) is 0 Å². The molecule has 0 aromatic heterocycles. The number of aliphatic hydroxyl groups excluding tert-OH is 1. The Morgan fingerprint density at radius 1 is 1.47 bits per heavy atom. The predicted molar refractivity (Wildman–Crippen MR) is 56.0 cm³/mol. The van der Waals surface area contributed by atoms with Crippen molar-refractivity contribution in [3.8, 4) is 0 Å². The van der Waals surface area contributed by atoms with Crippen molar-refractivity contribution in [2.24, 2.45) is 5.73 Å². The number of carbonyl (C=O) groups excluding carboxylic acids is 2. The van der Waals surface area contributed by atoms with Crippen LogP contribution in [-0.2, 0) is 9.59 Å². The van der Waals surface area contributed by atoms with Crippen LogP contribution in [0.1, 0.15) is 12.8 Å². The zero-order chi connectivity index (χ0) is 11.8. The molecule has 88 valence electrons. The van der Waals surface area contributed by atoms with Gasteiger partial charge in [0.1, 0.15) is 6.10 Å². The average molecular weight is 217 g/mol. The number of amides is 2. The Morgan fingerprint density at radius 3 is 2.53 bits per heavy atom. The minimum atomic E-state index is -1.16. The molecule has 0 aromatic rings. The van der Waals surface area contributed by atoms with E-state index in [2.05, 4.69) is 5.32 Å². The van der Waals surface area contributed by atoms with Crippen LogP contribution in [0.2, 0.25) is 0 Å². The molecule has 0 heterocycles. The van der Waals surface area contributed by atoms with Gasteiger partial charge in [-0.15, -0.1) is 0 Å². The van der Waals surface area contributed by atoms with Crippen molar-refractivity contribution in [1.29, 1.82) is 0 Å². The molecule has 0 aliphatic heterocycles. The first-order valence-electron chi connectivity index (χ1n) is 4.83. The van der Waals surface area contributed by atoms with E-state index in [-0.39, 0.29) is 12.5 Å². The second-order valence-corrected chi connectivity index (χ2v) is 3.51. The van der Waals surface area contributed by atoms with E-state index in [1.54, 1.807) is 14.1 Å². The van der Waals surface area contributed by atoms with E-state index in [9.17, 15) is 9.59 Å². The van der Waals surface area contributed by atoms with Crippen molar-refractivity contribution in [1.82, 2.24) is 10.2 Å². The van der Waals surface area contributed by atoms with Gasteiger partial charge in [0.05, 0.1) is 0 Å². The topological polar surface area (TPSA) is 95.7 Å². The van der Waals surface area contributed by atoms with Gasteiger partial charge in [-0.05, 0) is 13.0 Å². The van der Waals surface area contributed by atoms with E-state index in [1.165, 1.54) is 4.90 Å². The summed E-state index contributed by atoms with van der Waals surface area (Å²) in [6.07, 6.45) is -0.0376. The first-order valence-corrected chi connectivity index (χ1v) is 4.83. The summed E-state index contributed by atoms with van der Waals surface area (Å²) in [5.41, 5.74) is 4.85. The van der Waals surface area contributed by atoms with E-state index < -0.39 is 12.0 Å². The lowest BCUT2D eigenvalue weighted by Crippen LogP contribution is -2.38. The lowest BCUT2D eigenvalue weighted by Gasteiger charge is -2.11. The minimum absolute atomic E-state index is 0.0623. The zero-order valence-corrected chi connectivity index (χ0v) is 9.19. The van der Waals surface area contributed by atoms with Gasteiger partial charge in [0.25, 0.3) is 0 Å². The molecule has 0 saturated carbocycles. The van der Waals surface area contributed by atoms with Crippen molar-refractivity contribution in [3.63, 3.8) is 0 Å². The smallest absolute Gasteiger partial charge is 0.247 e. The second kappa shape index (κ2) is 7.19. The second-order valence-electron chi connectivity index (χ2n) is 3.51. The van der Waals surface area contributed by atoms with Crippen LogP contribution in [0, 0.1) is 0 Å². The summed E-state index contributed by atoms with van der Waals surface area (Å²) in [6, 6.07) is 0. The molecule has 0 saturated heterocycles.